The van der Waals surface area contributed by atoms with Gasteiger partial charge in [-0.2, -0.15) is 0 Å². The fourth-order valence-electron chi connectivity index (χ4n) is 3.73. The Hall–Kier alpha value is -1.09. The van der Waals surface area contributed by atoms with E-state index in [1.165, 1.54) is 25.3 Å². The van der Waals surface area contributed by atoms with Gasteiger partial charge in [-0.1, -0.05) is 32.3 Å². The van der Waals surface area contributed by atoms with Crippen molar-refractivity contribution in [2.24, 2.45) is 5.92 Å². The Morgan fingerprint density at radius 3 is 2.86 bits per heavy atom. The highest BCUT2D eigenvalue weighted by atomic mass is 35.5. The number of hydrogen-bond donors (Lipinski definition) is 0. The minimum Gasteiger partial charge on any atom is -0.323 e. The van der Waals surface area contributed by atoms with Crippen molar-refractivity contribution >= 4 is 22.6 Å². The van der Waals surface area contributed by atoms with Crippen LogP contribution in [0.15, 0.2) is 18.2 Å². The van der Waals surface area contributed by atoms with Crippen molar-refractivity contribution in [2.45, 2.75) is 57.4 Å². The van der Waals surface area contributed by atoms with Crippen LogP contribution >= 0.6 is 11.6 Å². The monoisotopic (exact) mass is 308 g/mol. The van der Waals surface area contributed by atoms with Crippen LogP contribution in [0, 0.1) is 11.7 Å². The highest BCUT2D eigenvalue weighted by Gasteiger charge is 2.30. The molecule has 0 saturated heterocycles. The van der Waals surface area contributed by atoms with Crippen LogP contribution in [0.4, 0.5) is 4.39 Å². The number of nitrogens with zero attached hydrogens (tertiary/aromatic N) is 2. The lowest BCUT2D eigenvalue weighted by Gasteiger charge is -2.33. The van der Waals surface area contributed by atoms with Gasteiger partial charge in [0, 0.05) is 6.04 Å². The molecule has 1 aliphatic rings. The highest BCUT2D eigenvalue weighted by Crippen LogP contribution is 2.40. The SMILES string of the molecule is CCC1CCCCC1n1c(C(C)Cl)nc2c(F)cccc21. The van der Waals surface area contributed by atoms with E-state index in [9.17, 15) is 4.39 Å². The molecule has 1 heterocycles. The maximum Gasteiger partial charge on any atom is 0.151 e. The van der Waals surface area contributed by atoms with Crippen molar-refractivity contribution in [3.8, 4) is 0 Å². The molecular weight excluding hydrogens is 287 g/mol. The molecule has 1 saturated carbocycles. The summed E-state index contributed by atoms with van der Waals surface area (Å²) in [6.07, 6.45) is 6.05. The molecule has 114 valence electrons. The van der Waals surface area contributed by atoms with Crippen LogP contribution in [-0.2, 0) is 0 Å². The van der Waals surface area contributed by atoms with Crippen LogP contribution in [0.5, 0.6) is 0 Å². The topological polar surface area (TPSA) is 17.8 Å². The minimum atomic E-state index is -0.256. The number of aromatic nitrogens is 2. The summed E-state index contributed by atoms with van der Waals surface area (Å²) in [5.41, 5.74) is 1.35. The Morgan fingerprint density at radius 2 is 2.14 bits per heavy atom. The maximum atomic E-state index is 14.1. The lowest BCUT2D eigenvalue weighted by Crippen LogP contribution is -2.24. The zero-order valence-corrected chi connectivity index (χ0v) is 13.4. The molecule has 4 heteroatoms. The summed E-state index contributed by atoms with van der Waals surface area (Å²) in [6.45, 7) is 4.16. The van der Waals surface area contributed by atoms with Gasteiger partial charge in [-0.25, -0.2) is 9.37 Å². The normalized spacial score (nSPS) is 24.4. The van der Waals surface area contributed by atoms with Gasteiger partial charge in [-0.3, -0.25) is 0 Å². The Bertz CT molecular complexity index is 635. The summed E-state index contributed by atoms with van der Waals surface area (Å²) in [5.74, 6) is 1.18. The lowest BCUT2D eigenvalue weighted by molar-refractivity contribution is 0.233. The average molecular weight is 309 g/mol. The van der Waals surface area contributed by atoms with Gasteiger partial charge < -0.3 is 4.57 Å². The second-order valence-corrected chi connectivity index (χ2v) is 6.74. The molecule has 1 aromatic heterocycles. The highest BCUT2D eigenvalue weighted by molar-refractivity contribution is 6.20. The van der Waals surface area contributed by atoms with Crippen LogP contribution in [0.3, 0.4) is 0 Å². The van der Waals surface area contributed by atoms with Crippen molar-refractivity contribution in [1.29, 1.82) is 0 Å². The first kappa shape index (κ1) is 14.8. The quantitative estimate of drug-likeness (QED) is 0.673. The van der Waals surface area contributed by atoms with Crippen molar-refractivity contribution < 1.29 is 4.39 Å². The predicted molar refractivity (Wildman–Crippen MR) is 85.2 cm³/mol. The minimum absolute atomic E-state index is 0.212. The molecule has 2 nitrogen and oxygen atoms in total. The van der Waals surface area contributed by atoms with E-state index in [1.54, 1.807) is 6.07 Å². The molecule has 0 aliphatic heterocycles. The Balaban J connectivity index is 2.19. The van der Waals surface area contributed by atoms with E-state index in [1.807, 2.05) is 13.0 Å². The molecule has 0 spiro atoms. The van der Waals surface area contributed by atoms with Crippen LogP contribution in [-0.4, -0.2) is 9.55 Å². The van der Waals surface area contributed by atoms with Gasteiger partial charge in [0.05, 0.1) is 10.9 Å². The molecule has 3 atom stereocenters. The zero-order chi connectivity index (χ0) is 15.0. The maximum absolute atomic E-state index is 14.1. The summed E-state index contributed by atoms with van der Waals surface area (Å²) in [5, 5.41) is -0.212. The van der Waals surface area contributed by atoms with E-state index in [2.05, 4.69) is 16.5 Å². The Morgan fingerprint density at radius 1 is 1.38 bits per heavy atom. The van der Waals surface area contributed by atoms with Gasteiger partial charge >= 0.3 is 0 Å². The number of halogens is 2. The van der Waals surface area contributed by atoms with E-state index >= 15 is 0 Å². The van der Waals surface area contributed by atoms with Crippen molar-refractivity contribution in [2.75, 3.05) is 0 Å². The first-order valence-corrected chi connectivity index (χ1v) is 8.37. The number of para-hydroxylation sites is 1. The number of imidazole rings is 1. The Labute approximate surface area is 130 Å². The molecule has 21 heavy (non-hydrogen) atoms. The molecule has 0 N–H and O–H groups in total. The second kappa shape index (κ2) is 5.96. The van der Waals surface area contributed by atoms with Crippen molar-refractivity contribution in [1.82, 2.24) is 9.55 Å². The molecule has 0 bridgehead atoms. The summed E-state index contributed by atoms with van der Waals surface area (Å²) in [4.78, 5) is 4.51. The third-order valence-corrected chi connectivity index (χ3v) is 4.97. The van der Waals surface area contributed by atoms with Gasteiger partial charge in [0.25, 0.3) is 0 Å². The average Bonchev–Trinajstić information content (AvgIpc) is 2.88. The van der Waals surface area contributed by atoms with Crippen LogP contribution in [0.2, 0.25) is 0 Å². The van der Waals surface area contributed by atoms with Gasteiger partial charge in [-0.05, 0) is 37.8 Å². The van der Waals surface area contributed by atoms with E-state index in [-0.39, 0.29) is 11.2 Å². The van der Waals surface area contributed by atoms with Crippen molar-refractivity contribution in [3.63, 3.8) is 0 Å². The molecule has 1 aliphatic carbocycles. The first-order valence-electron chi connectivity index (χ1n) is 7.94. The summed E-state index contributed by atoms with van der Waals surface area (Å²) < 4.78 is 16.3. The number of rotatable bonds is 3. The number of hydrogen-bond acceptors (Lipinski definition) is 1. The van der Waals surface area contributed by atoms with Crippen LogP contribution in [0.1, 0.15) is 63.2 Å². The summed E-state index contributed by atoms with van der Waals surface area (Å²) in [6, 6.07) is 5.60. The fraction of sp³-hybridized carbons (Fsp3) is 0.588. The molecule has 1 aromatic carbocycles. The molecule has 3 unspecified atom stereocenters. The second-order valence-electron chi connectivity index (χ2n) is 6.08. The summed E-state index contributed by atoms with van der Waals surface area (Å²) in [7, 11) is 0. The molecule has 0 radical (unpaired) electrons. The van der Waals surface area contributed by atoms with E-state index in [0.717, 1.165) is 24.2 Å². The fourth-order valence-corrected chi connectivity index (χ4v) is 3.89. The van der Waals surface area contributed by atoms with E-state index in [0.29, 0.717) is 17.5 Å². The molecule has 2 aromatic rings. The molecule has 1 fully saturated rings. The number of benzene rings is 1. The van der Waals surface area contributed by atoms with Crippen LogP contribution in [0.25, 0.3) is 11.0 Å². The van der Waals surface area contributed by atoms with Crippen molar-refractivity contribution in [3.05, 3.63) is 29.8 Å². The zero-order valence-electron chi connectivity index (χ0n) is 12.6. The van der Waals surface area contributed by atoms with Crippen LogP contribution < -0.4 is 0 Å². The predicted octanol–water partition coefficient (Wildman–Crippen LogP) is 5.62. The third-order valence-electron chi connectivity index (χ3n) is 4.78. The van der Waals surface area contributed by atoms with Gasteiger partial charge in [0.15, 0.2) is 5.82 Å². The van der Waals surface area contributed by atoms with Gasteiger partial charge in [0.1, 0.15) is 11.3 Å². The van der Waals surface area contributed by atoms with Gasteiger partial charge in [0.2, 0.25) is 0 Å². The Kier molecular flexibility index (Phi) is 4.21. The molecular formula is C17H22ClFN2. The smallest absolute Gasteiger partial charge is 0.151 e. The number of alkyl halides is 1. The van der Waals surface area contributed by atoms with E-state index < -0.39 is 0 Å². The largest absolute Gasteiger partial charge is 0.323 e. The number of fused-ring (bicyclic) bond motifs is 1. The molecule has 3 rings (SSSR count). The lowest BCUT2D eigenvalue weighted by atomic mass is 9.82. The van der Waals surface area contributed by atoms with E-state index in [4.69, 9.17) is 11.6 Å². The molecule has 0 amide bonds. The standard InChI is InChI=1S/C17H22ClFN2/c1-3-12-7-4-5-9-14(12)21-15-10-6-8-13(19)16(15)20-17(21)11(2)18/h6,8,10-12,14H,3-5,7,9H2,1-2H3. The van der Waals surface area contributed by atoms with Gasteiger partial charge in [-0.15, -0.1) is 11.6 Å². The summed E-state index contributed by atoms with van der Waals surface area (Å²) >= 11 is 6.34. The first-order chi connectivity index (χ1) is 10.1. The third kappa shape index (κ3) is 2.57.